The van der Waals surface area contributed by atoms with Gasteiger partial charge in [-0.15, -0.1) is 11.8 Å². The van der Waals surface area contributed by atoms with Crippen molar-refractivity contribution in [3.8, 4) is 11.5 Å². The molecular weight excluding hydrogens is 384 g/mol. The average Bonchev–Trinajstić information content (AvgIpc) is 3.22. The number of fused-ring (bicyclic) bond motifs is 1. The summed E-state index contributed by atoms with van der Waals surface area (Å²) in [6.07, 6.45) is 2.03. The number of thioether (sulfide) groups is 1. The molecule has 0 radical (unpaired) electrons. The molecule has 0 saturated heterocycles. The number of rotatable bonds is 6. The van der Waals surface area contributed by atoms with E-state index >= 15 is 0 Å². The molecule has 0 aliphatic carbocycles. The van der Waals surface area contributed by atoms with Crippen LogP contribution in [0.5, 0.6) is 11.5 Å². The van der Waals surface area contributed by atoms with Gasteiger partial charge in [0, 0.05) is 23.7 Å². The van der Waals surface area contributed by atoms with Crippen LogP contribution in [0.1, 0.15) is 11.1 Å². The number of ether oxygens (including phenoxy) is 2. The summed E-state index contributed by atoms with van der Waals surface area (Å²) in [5.74, 6) is 1.46. The minimum absolute atomic E-state index is 0.150. The number of carbonyl (C=O) groups is 1. The first-order chi connectivity index (χ1) is 14.2. The zero-order chi connectivity index (χ0) is 20.1. The number of nitrogens with zero attached hydrogens (tertiary/aromatic N) is 1. The second kappa shape index (κ2) is 8.92. The first kappa shape index (κ1) is 19.2. The Morgan fingerprint density at radius 1 is 0.931 bits per heavy atom. The lowest BCUT2D eigenvalue weighted by Gasteiger charge is -2.24. The first-order valence-corrected chi connectivity index (χ1v) is 10.6. The van der Waals surface area contributed by atoms with Gasteiger partial charge in [0.2, 0.25) is 6.79 Å². The Kier molecular flexibility index (Phi) is 5.91. The van der Waals surface area contributed by atoms with Crippen LogP contribution in [0.15, 0.2) is 77.7 Å². The third-order valence-electron chi connectivity index (χ3n) is 4.66. The van der Waals surface area contributed by atoms with Gasteiger partial charge in [0.25, 0.3) is 0 Å². The number of nitrogens with one attached hydrogen (secondary N) is 1. The van der Waals surface area contributed by atoms with Crippen LogP contribution in [0.4, 0.5) is 10.5 Å². The molecule has 0 aromatic heterocycles. The van der Waals surface area contributed by atoms with Crippen molar-refractivity contribution in [2.75, 3.05) is 18.4 Å². The molecule has 0 saturated carbocycles. The monoisotopic (exact) mass is 406 g/mol. The molecule has 5 nitrogen and oxygen atoms in total. The molecule has 0 atom stereocenters. The van der Waals surface area contributed by atoms with E-state index in [1.54, 1.807) is 16.7 Å². The van der Waals surface area contributed by atoms with E-state index in [1.165, 1.54) is 0 Å². The van der Waals surface area contributed by atoms with Gasteiger partial charge in [0.15, 0.2) is 11.5 Å². The molecule has 148 valence electrons. The number of carbonyl (C=O) groups excluding carboxylic acids is 1. The maximum Gasteiger partial charge on any atom is 0.322 e. The molecule has 6 heteroatoms. The SMILES string of the molecule is CSc1ccc(NC(=O)N(Cc2ccccc2)Cc2ccc3c(c2)OCO3)cc1. The van der Waals surface area contributed by atoms with E-state index in [9.17, 15) is 4.79 Å². The van der Waals surface area contributed by atoms with E-state index in [1.807, 2.05) is 79.1 Å². The highest BCUT2D eigenvalue weighted by molar-refractivity contribution is 7.98. The zero-order valence-corrected chi connectivity index (χ0v) is 16.9. The fourth-order valence-corrected chi connectivity index (χ4v) is 3.55. The lowest BCUT2D eigenvalue weighted by molar-refractivity contribution is 0.174. The van der Waals surface area contributed by atoms with E-state index in [4.69, 9.17) is 9.47 Å². The van der Waals surface area contributed by atoms with Gasteiger partial charge in [-0.2, -0.15) is 0 Å². The second-order valence-electron chi connectivity index (χ2n) is 6.69. The number of hydrogen-bond donors (Lipinski definition) is 1. The lowest BCUT2D eigenvalue weighted by Crippen LogP contribution is -2.34. The highest BCUT2D eigenvalue weighted by Crippen LogP contribution is 2.33. The average molecular weight is 407 g/mol. The van der Waals surface area contributed by atoms with E-state index in [0.717, 1.165) is 33.2 Å². The Bertz CT molecular complexity index is 977. The van der Waals surface area contributed by atoms with Crippen molar-refractivity contribution < 1.29 is 14.3 Å². The molecule has 4 rings (SSSR count). The Hall–Kier alpha value is -3.12. The van der Waals surface area contributed by atoms with Crippen molar-refractivity contribution in [1.29, 1.82) is 0 Å². The van der Waals surface area contributed by atoms with Crippen molar-refractivity contribution in [2.24, 2.45) is 0 Å². The molecule has 0 fully saturated rings. The zero-order valence-electron chi connectivity index (χ0n) is 16.1. The molecular formula is C23H22N2O3S. The molecule has 0 bridgehead atoms. The van der Waals surface area contributed by atoms with Crippen molar-refractivity contribution >= 4 is 23.5 Å². The van der Waals surface area contributed by atoms with Crippen molar-refractivity contribution in [3.63, 3.8) is 0 Å². The fourth-order valence-electron chi connectivity index (χ4n) is 3.14. The Morgan fingerprint density at radius 2 is 1.66 bits per heavy atom. The third-order valence-corrected chi connectivity index (χ3v) is 5.40. The quantitative estimate of drug-likeness (QED) is 0.559. The number of amides is 2. The third kappa shape index (κ3) is 4.84. The molecule has 3 aromatic carbocycles. The first-order valence-electron chi connectivity index (χ1n) is 9.34. The largest absolute Gasteiger partial charge is 0.454 e. The summed E-state index contributed by atoms with van der Waals surface area (Å²) < 4.78 is 10.9. The molecule has 29 heavy (non-hydrogen) atoms. The van der Waals surface area contributed by atoms with Gasteiger partial charge < -0.3 is 19.7 Å². The smallest absolute Gasteiger partial charge is 0.322 e. The number of benzene rings is 3. The molecule has 1 aliphatic rings. The Balaban J connectivity index is 1.52. The van der Waals surface area contributed by atoms with Crippen LogP contribution in [-0.2, 0) is 13.1 Å². The molecule has 0 unspecified atom stereocenters. The summed E-state index contributed by atoms with van der Waals surface area (Å²) in [6, 6.07) is 23.4. The summed E-state index contributed by atoms with van der Waals surface area (Å²) in [5.41, 5.74) is 2.83. The Morgan fingerprint density at radius 3 is 2.41 bits per heavy atom. The van der Waals surface area contributed by atoms with Crippen LogP contribution in [0.2, 0.25) is 0 Å². The van der Waals surface area contributed by atoms with E-state index in [-0.39, 0.29) is 12.8 Å². The molecule has 1 aliphatic heterocycles. The normalized spacial score (nSPS) is 11.9. The molecule has 1 heterocycles. The minimum Gasteiger partial charge on any atom is -0.454 e. The van der Waals surface area contributed by atoms with Gasteiger partial charge in [0.05, 0.1) is 0 Å². The summed E-state index contributed by atoms with van der Waals surface area (Å²) in [6.45, 7) is 1.20. The number of hydrogen-bond acceptors (Lipinski definition) is 4. The second-order valence-corrected chi connectivity index (χ2v) is 7.57. The molecule has 1 N–H and O–H groups in total. The summed E-state index contributed by atoms with van der Waals surface area (Å²) in [7, 11) is 0. The molecule has 0 spiro atoms. The predicted molar refractivity (Wildman–Crippen MR) is 115 cm³/mol. The van der Waals surface area contributed by atoms with Crippen molar-refractivity contribution in [3.05, 3.63) is 83.9 Å². The molecule has 2 amide bonds. The van der Waals surface area contributed by atoms with Gasteiger partial charge in [-0.05, 0) is 53.8 Å². The van der Waals surface area contributed by atoms with Crippen LogP contribution in [0.3, 0.4) is 0 Å². The fraction of sp³-hybridized carbons (Fsp3) is 0.174. The highest BCUT2D eigenvalue weighted by Gasteiger charge is 2.18. The standard InChI is InChI=1S/C23H22N2O3S/c1-29-20-10-8-19(9-11-20)24-23(26)25(14-17-5-3-2-4-6-17)15-18-7-12-21-22(13-18)28-16-27-21/h2-13H,14-16H2,1H3,(H,24,26). The van der Waals surface area contributed by atoms with Crippen molar-refractivity contribution in [2.45, 2.75) is 18.0 Å². The van der Waals surface area contributed by atoms with Crippen LogP contribution >= 0.6 is 11.8 Å². The van der Waals surface area contributed by atoms with E-state index in [0.29, 0.717) is 13.1 Å². The number of urea groups is 1. The maximum absolute atomic E-state index is 13.1. The minimum atomic E-state index is -0.150. The maximum atomic E-state index is 13.1. The molecule has 3 aromatic rings. The van der Waals surface area contributed by atoms with Crippen LogP contribution < -0.4 is 14.8 Å². The van der Waals surface area contributed by atoms with Gasteiger partial charge in [-0.1, -0.05) is 36.4 Å². The van der Waals surface area contributed by atoms with Gasteiger partial charge >= 0.3 is 6.03 Å². The van der Waals surface area contributed by atoms with Gasteiger partial charge in [-0.3, -0.25) is 0 Å². The van der Waals surface area contributed by atoms with Crippen LogP contribution in [0, 0.1) is 0 Å². The lowest BCUT2D eigenvalue weighted by atomic mass is 10.1. The van der Waals surface area contributed by atoms with Crippen LogP contribution in [-0.4, -0.2) is 24.0 Å². The number of anilines is 1. The van der Waals surface area contributed by atoms with E-state index in [2.05, 4.69) is 5.32 Å². The van der Waals surface area contributed by atoms with E-state index < -0.39 is 0 Å². The summed E-state index contributed by atoms with van der Waals surface area (Å²) in [4.78, 5) is 16.0. The van der Waals surface area contributed by atoms with Crippen molar-refractivity contribution in [1.82, 2.24) is 4.90 Å². The van der Waals surface area contributed by atoms with Gasteiger partial charge in [0.1, 0.15) is 0 Å². The predicted octanol–water partition coefficient (Wildman–Crippen LogP) is 5.37. The van der Waals surface area contributed by atoms with Crippen LogP contribution in [0.25, 0.3) is 0 Å². The summed E-state index contributed by atoms with van der Waals surface area (Å²) >= 11 is 1.67. The highest BCUT2D eigenvalue weighted by atomic mass is 32.2. The Labute approximate surface area is 174 Å². The summed E-state index contributed by atoms with van der Waals surface area (Å²) in [5, 5.41) is 3.01. The van der Waals surface area contributed by atoms with Gasteiger partial charge in [-0.25, -0.2) is 4.79 Å². The topological polar surface area (TPSA) is 50.8 Å².